The van der Waals surface area contributed by atoms with E-state index in [1.54, 1.807) is 24.3 Å². The van der Waals surface area contributed by atoms with Crippen LogP contribution in [0.2, 0.25) is 10.0 Å². The first-order valence-electron chi connectivity index (χ1n) is 5.41. The Kier molecular flexibility index (Phi) is 4.58. The molecule has 19 heavy (non-hydrogen) atoms. The lowest BCUT2D eigenvalue weighted by molar-refractivity contribution is -0.111. The predicted molar refractivity (Wildman–Crippen MR) is 81.0 cm³/mol. The maximum Gasteiger partial charge on any atom is 0.250 e. The van der Waals surface area contributed by atoms with Crippen molar-refractivity contribution in [1.29, 1.82) is 0 Å². The summed E-state index contributed by atoms with van der Waals surface area (Å²) in [4.78, 5) is 15.8. The van der Waals surface area contributed by atoms with Crippen LogP contribution in [-0.4, -0.2) is 10.9 Å². The molecule has 0 saturated heterocycles. The number of nitrogens with one attached hydrogen (secondary N) is 1. The Bertz CT molecular complexity index is 637. The topological polar surface area (TPSA) is 42.0 Å². The van der Waals surface area contributed by atoms with E-state index in [9.17, 15) is 4.79 Å². The molecule has 0 aliphatic carbocycles. The van der Waals surface area contributed by atoms with Crippen LogP contribution in [0.15, 0.2) is 29.7 Å². The summed E-state index contributed by atoms with van der Waals surface area (Å²) < 4.78 is 0. The predicted octanol–water partition coefficient (Wildman–Crippen LogP) is 4.41. The van der Waals surface area contributed by atoms with Crippen LogP contribution in [0.25, 0.3) is 6.08 Å². The molecule has 3 nitrogen and oxygen atoms in total. The van der Waals surface area contributed by atoms with Gasteiger partial charge in [-0.05, 0) is 24.6 Å². The molecule has 1 heterocycles. The van der Waals surface area contributed by atoms with Gasteiger partial charge in [0.25, 0.3) is 0 Å². The minimum atomic E-state index is -0.259. The number of thiazole rings is 1. The van der Waals surface area contributed by atoms with Gasteiger partial charge in [-0.25, -0.2) is 4.98 Å². The molecule has 0 unspecified atom stereocenters. The van der Waals surface area contributed by atoms with Crippen LogP contribution in [0.1, 0.15) is 11.3 Å². The van der Waals surface area contributed by atoms with E-state index in [1.807, 2.05) is 12.3 Å². The van der Waals surface area contributed by atoms with Gasteiger partial charge < -0.3 is 0 Å². The zero-order valence-corrected chi connectivity index (χ0v) is 12.3. The number of rotatable bonds is 3. The van der Waals surface area contributed by atoms with Crippen LogP contribution < -0.4 is 5.32 Å². The zero-order valence-electron chi connectivity index (χ0n) is 9.98. The SMILES string of the molecule is Cc1csc(NC(=O)C=Cc2cccc(Cl)c2Cl)n1. The Morgan fingerprint density at radius 3 is 2.89 bits per heavy atom. The molecule has 0 spiro atoms. The van der Waals surface area contributed by atoms with Crippen LogP contribution >= 0.6 is 34.5 Å². The molecule has 2 rings (SSSR count). The van der Waals surface area contributed by atoms with E-state index in [4.69, 9.17) is 23.2 Å². The molecule has 1 amide bonds. The number of nitrogens with zero attached hydrogens (tertiary/aromatic N) is 1. The second-order valence-corrected chi connectivity index (χ2v) is 5.40. The highest BCUT2D eigenvalue weighted by atomic mass is 35.5. The molecule has 0 bridgehead atoms. The molecular formula is C13H10Cl2N2OS. The second-order valence-electron chi connectivity index (χ2n) is 3.76. The average molecular weight is 313 g/mol. The van der Waals surface area contributed by atoms with Crippen LogP contribution in [0.5, 0.6) is 0 Å². The number of aryl methyl sites for hydroxylation is 1. The van der Waals surface area contributed by atoms with Crippen LogP contribution in [-0.2, 0) is 4.79 Å². The average Bonchev–Trinajstić information content (AvgIpc) is 2.76. The van der Waals surface area contributed by atoms with Gasteiger partial charge in [-0.2, -0.15) is 0 Å². The highest BCUT2D eigenvalue weighted by Crippen LogP contribution is 2.26. The lowest BCUT2D eigenvalue weighted by Crippen LogP contribution is -2.07. The number of carbonyl (C=O) groups is 1. The maximum atomic E-state index is 11.7. The Balaban J connectivity index is 2.06. The smallest absolute Gasteiger partial charge is 0.250 e. The molecule has 0 atom stereocenters. The molecule has 1 aromatic carbocycles. The van der Waals surface area contributed by atoms with Gasteiger partial charge in [0.15, 0.2) is 5.13 Å². The van der Waals surface area contributed by atoms with Crippen molar-refractivity contribution in [1.82, 2.24) is 4.98 Å². The van der Waals surface area contributed by atoms with E-state index in [0.717, 1.165) is 5.69 Å². The zero-order chi connectivity index (χ0) is 13.8. The van der Waals surface area contributed by atoms with Gasteiger partial charge in [0.2, 0.25) is 5.91 Å². The van der Waals surface area contributed by atoms with Crippen molar-refractivity contribution in [3.8, 4) is 0 Å². The van der Waals surface area contributed by atoms with Crippen molar-refractivity contribution in [2.24, 2.45) is 0 Å². The number of halogens is 2. The summed E-state index contributed by atoms with van der Waals surface area (Å²) in [5.74, 6) is -0.259. The van der Waals surface area contributed by atoms with Gasteiger partial charge >= 0.3 is 0 Å². The molecule has 2 aromatic rings. The van der Waals surface area contributed by atoms with Crippen LogP contribution in [0, 0.1) is 6.92 Å². The van der Waals surface area contributed by atoms with E-state index < -0.39 is 0 Å². The van der Waals surface area contributed by atoms with Crippen LogP contribution in [0.4, 0.5) is 5.13 Å². The quantitative estimate of drug-likeness (QED) is 0.853. The fourth-order valence-electron chi connectivity index (χ4n) is 1.37. The largest absolute Gasteiger partial charge is 0.298 e. The normalized spacial score (nSPS) is 10.9. The third-order valence-corrected chi connectivity index (χ3v) is 3.95. The third kappa shape index (κ3) is 3.80. The third-order valence-electron chi connectivity index (χ3n) is 2.24. The molecule has 1 N–H and O–H groups in total. The number of aromatic nitrogens is 1. The Morgan fingerprint density at radius 1 is 1.42 bits per heavy atom. The van der Waals surface area contributed by atoms with Crippen molar-refractivity contribution < 1.29 is 4.79 Å². The van der Waals surface area contributed by atoms with E-state index in [0.29, 0.717) is 20.7 Å². The van der Waals surface area contributed by atoms with E-state index in [2.05, 4.69) is 10.3 Å². The number of benzene rings is 1. The minimum Gasteiger partial charge on any atom is -0.298 e. The van der Waals surface area contributed by atoms with Gasteiger partial charge in [-0.1, -0.05) is 35.3 Å². The fourth-order valence-corrected chi connectivity index (χ4v) is 2.44. The van der Waals surface area contributed by atoms with Gasteiger partial charge in [-0.3, -0.25) is 10.1 Å². The Labute approximate surface area is 124 Å². The minimum absolute atomic E-state index is 0.259. The van der Waals surface area contributed by atoms with E-state index in [-0.39, 0.29) is 5.91 Å². The molecule has 1 aromatic heterocycles. The summed E-state index contributed by atoms with van der Waals surface area (Å²) in [6.07, 6.45) is 3.01. The number of anilines is 1. The molecule has 0 aliphatic heterocycles. The van der Waals surface area contributed by atoms with Gasteiger partial charge in [0, 0.05) is 11.5 Å². The molecule has 0 saturated carbocycles. The van der Waals surface area contributed by atoms with Gasteiger partial charge in [0.1, 0.15) is 0 Å². The van der Waals surface area contributed by atoms with E-state index in [1.165, 1.54) is 17.4 Å². The highest BCUT2D eigenvalue weighted by Gasteiger charge is 2.04. The molecule has 98 valence electrons. The Hall–Kier alpha value is -1.36. The first kappa shape index (κ1) is 14.1. The number of carbonyl (C=O) groups excluding carboxylic acids is 1. The molecule has 0 aliphatic rings. The summed E-state index contributed by atoms with van der Waals surface area (Å²) in [6.45, 7) is 1.87. The lowest BCUT2D eigenvalue weighted by atomic mass is 10.2. The number of amides is 1. The van der Waals surface area contributed by atoms with Crippen molar-refractivity contribution in [2.75, 3.05) is 5.32 Å². The van der Waals surface area contributed by atoms with Crippen molar-refractivity contribution in [2.45, 2.75) is 6.92 Å². The summed E-state index contributed by atoms with van der Waals surface area (Å²) in [6, 6.07) is 5.25. The molecular weight excluding hydrogens is 303 g/mol. The number of hydrogen-bond donors (Lipinski definition) is 1. The second kappa shape index (κ2) is 6.19. The number of hydrogen-bond acceptors (Lipinski definition) is 3. The summed E-state index contributed by atoms with van der Waals surface area (Å²) in [5.41, 5.74) is 1.57. The van der Waals surface area contributed by atoms with Crippen molar-refractivity contribution in [3.05, 3.63) is 51.0 Å². The maximum absolute atomic E-state index is 11.7. The first-order valence-corrected chi connectivity index (χ1v) is 7.05. The van der Waals surface area contributed by atoms with Gasteiger partial charge in [-0.15, -0.1) is 11.3 Å². The van der Waals surface area contributed by atoms with E-state index >= 15 is 0 Å². The van der Waals surface area contributed by atoms with Crippen molar-refractivity contribution in [3.63, 3.8) is 0 Å². The lowest BCUT2D eigenvalue weighted by Gasteiger charge is -2.00. The molecule has 0 fully saturated rings. The van der Waals surface area contributed by atoms with Crippen molar-refractivity contribution >= 4 is 51.7 Å². The molecule has 6 heteroatoms. The summed E-state index contributed by atoms with van der Waals surface area (Å²) in [7, 11) is 0. The standard InChI is InChI=1S/C13H10Cl2N2OS/c1-8-7-19-13(16-8)17-11(18)6-5-9-3-2-4-10(14)12(9)15/h2-7H,1H3,(H,16,17,18). The Morgan fingerprint density at radius 2 is 2.21 bits per heavy atom. The monoisotopic (exact) mass is 312 g/mol. The van der Waals surface area contributed by atoms with Crippen LogP contribution in [0.3, 0.4) is 0 Å². The first-order chi connectivity index (χ1) is 9.06. The van der Waals surface area contributed by atoms with Gasteiger partial charge in [0.05, 0.1) is 15.7 Å². The summed E-state index contributed by atoms with van der Waals surface area (Å²) >= 11 is 13.3. The summed E-state index contributed by atoms with van der Waals surface area (Å²) in [5, 5.41) is 6.00. The molecule has 0 radical (unpaired) electrons. The highest BCUT2D eigenvalue weighted by molar-refractivity contribution is 7.13. The fraction of sp³-hybridized carbons (Fsp3) is 0.0769.